The van der Waals surface area contributed by atoms with Crippen LogP contribution in [0.15, 0.2) is 36.7 Å². The molecule has 104 valence electrons. The Kier molecular flexibility index (Phi) is 3.19. The van der Waals surface area contributed by atoms with Crippen LogP contribution >= 0.6 is 11.6 Å². The molecule has 0 unspecified atom stereocenters. The van der Waals surface area contributed by atoms with Crippen LogP contribution in [0, 0.1) is 0 Å². The van der Waals surface area contributed by atoms with Gasteiger partial charge in [-0.1, -0.05) is 17.7 Å². The van der Waals surface area contributed by atoms with E-state index in [4.69, 9.17) is 17.3 Å². The third-order valence-electron chi connectivity index (χ3n) is 3.26. The Hall–Kier alpha value is -2.66. The van der Waals surface area contributed by atoms with Crippen LogP contribution in [0.1, 0.15) is 20.7 Å². The molecular formula is C15H10ClN3O2. The van der Waals surface area contributed by atoms with Crippen LogP contribution in [-0.2, 0) is 0 Å². The molecule has 2 heterocycles. The van der Waals surface area contributed by atoms with Crippen LogP contribution in [0.2, 0.25) is 5.02 Å². The van der Waals surface area contributed by atoms with Gasteiger partial charge >= 0.3 is 0 Å². The first-order valence-corrected chi connectivity index (χ1v) is 6.50. The number of aldehydes is 1. The first-order valence-electron chi connectivity index (χ1n) is 6.12. The van der Waals surface area contributed by atoms with Gasteiger partial charge in [0.15, 0.2) is 6.29 Å². The molecule has 1 aromatic carbocycles. The zero-order valence-electron chi connectivity index (χ0n) is 10.8. The van der Waals surface area contributed by atoms with Crippen LogP contribution in [0.25, 0.3) is 22.2 Å². The highest BCUT2D eigenvalue weighted by atomic mass is 35.5. The predicted molar refractivity (Wildman–Crippen MR) is 80.4 cm³/mol. The number of nitrogens with zero attached hydrogens (tertiary/aromatic N) is 1. The number of H-pyrrole nitrogens is 1. The maximum atomic E-state index is 11.3. The number of amides is 1. The number of nitrogens with two attached hydrogens (primary N) is 1. The van der Waals surface area contributed by atoms with Gasteiger partial charge in [-0.15, -0.1) is 0 Å². The van der Waals surface area contributed by atoms with Crippen molar-refractivity contribution in [3.8, 4) is 11.1 Å². The molecule has 21 heavy (non-hydrogen) atoms. The average molecular weight is 300 g/mol. The normalized spacial score (nSPS) is 10.7. The van der Waals surface area contributed by atoms with Gasteiger partial charge in [0.1, 0.15) is 5.65 Å². The number of halogens is 1. The lowest BCUT2D eigenvalue weighted by Gasteiger charge is -2.05. The summed E-state index contributed by atoms with van der Waals surface area (Å²) in [4.78, 5) is 29.5. The van der Waals surface area contributed by atoms with E-state index in [1.807, 2.05) is 6.07 Å². The minimum Gasteiger partial charge on any atom is -0.366 e. The number of aromatic amines is 1. The lowest BCUT2D eigenvalue weighted by molar-refractivity contribution is 0.1000. The maximum Gasteiger partial charge on any atom is 0.250 e. The Morgan fingerprint density at radius 2 is 2.10 bits per heavy atom. The fraction of sp³-hybridized carbons (Fsp3) is 0. The molecule has 0 fully saturated rings. The second-order valence-electron chi connectivity index (χ2n) is 4.54. The number of nitrogens with one attached hydrogen (secondary N) is 1. The molecule has 0 spiro atoms. The molecular weight excluding hydrogens is 290 g/mol. The topological polar surface area (TPSA) is 88.8 Å². The predicted octanol–water partition coefficient (Wildman–Crippen LogP) is 2.79. The fourth-order valence-electron chi connectivity index (χ4n) is 2.17. The molecule has 0 saturated carbocycles. The smallest absolute Gasteiger partial charge is 0.250 e. The van der Waals surface area contributed by atoms with E-state index in [2.05, 4.69) is 9.97 Å². The van der Waals surface area contributed by atoms with E-state index < -0.39 is 5.91 Å². The van der Waals surface area contributed by atoms with E-state index >= 15 is 0 Å². The summed E-state index contributed by atoms with van der Waals surface area (Å²) in [6, 6.07) is 6.82. The summed E-state index contributed by atoms with van der Waals surface area (Å²) in [7, 11) is 0. The van der Waals surface area contributed by atoms with Crippen LogP contribution in [0.3, 0.4) is 0 Å². The van der Waals surface area contributed by atoms with E-state index in [0.717, 1.165) is 22.8 Å². The molecule has 0 aliphatic carbocycles. The molecule has 0 atom stereocenters. The minimum absolute atomic E-state index is 0.249. The fourth-order valence-corrected chi connectivity index (χ4v) is 2.38. The van der Waals surface area contributed by atoms with Crippen molar-refractivity contribution in [2.75, 3.05) is 0 Å². The summed E-state index contributed by atoms with van der Waals surface area (Å²) in [5, 5.41) is 1.02. The zero-order chi connectivity index (χ0) is 15.0. The lowest BCUT2D eigenvalue weighted by Crippen LogP contribution is -2.11. The second kappa shape index (κ2) is 5.03. The minimum atomic E-state index is -0.592. The number of hydrogen-bond donors (Lipinski definition) is 2. The molecule has 0 saturated heterocycles. The number of rotatable bonds is 3. The average Bonchev–Trinajstić information content (AvgIpc) is 2.89. The van der Waals surface area contributed by atoms with Gasteiger partial charge in [-0.25, -0.2) is 4.98 Å². The third-order valence-corrected chi connectivity index (χ3v) is 3.58. The first-order chi connectivity index (χ1) is 10.1. The highest BCUT2D eigenvalue weighted by molar-refractivity contribution is 6.33. The van der Waals surface area contributed by atoms with Crippen LogP contribution in [0.5, 0.6) is 0 Å². The Bertz CT molecular complexity index is 870. The summed E-state index contributed by atoms with van der Waals surface area (Å²) < 4.78 is 0. The maximum absolute atomic E-state index is 11.3. The van der Waals surface area contributed by atoms with Crippen molar-refractivity contribution in [3.05, 3.63) is 52.8 Å². The molecule has 2 aromatic heterocycles. The summed E-state index contributed by atoms with van der Waals surface area (Å²) >= 11 is 5.94. The zero-order valence-corrected chi connectivity index (χ0v) is 11.5. The van der Waals surface area contributed by atoms with E-state index in [-0.39, 0.29) is 5.56 Å². The highest BCUT2D eigenvalue weighted by Gasteiger charge is 2.11. The largest absolute Gasteiger partial charge is 0.366 e. The molecule has 6 heteroatoms. The number of pyridine rings is 1. The van der Waals surface area contributed by atoms with Gasteiger partial charge < -0.3 is 10.7 Å². The molecule has 3 aromatic rings. The summed E-state index contributed by atoms with van der Waals surface area (Å²) in [6.45, 7) is 0. The quantitative estimate of drug-likeness (QED) is 0.729. The van der Waals surface area contributed by atoms with E-state index in [0.29, 0.717) is 16.2 Å². The number of fused-ring (bicyclic) bond motifs is 1. The first kappa shape index (κ1) is 13.3. The summed E-state index contributed by atoms with van der Waals surface area (Å²) in [5.74, 6) is -0.592. The van der Waals surface area contributed by atoms with Gasteiger partial charge in [-0.05, 0) is 23.8 Å². The Balaban J connectivity index is 2.18. The van der Waals surface area contributed by atoms with Crippen molar-refractivity contribution in [2.24, 2.45) is 5.73 Å². The number of carbonyl (C=O) groups is 2. The highest BCUT2D eigenvalue weighted by Crippen LogP contribution is 2.27. The monoisotopic (exact) mass is 299 g/mol. The lowest BCUT2D eigenvalue weighted by atomic mass is 10.0. The summed E-state index contributed by atoms with van der Waals surface area (Å²) in [5.41, 5.74) is 8.22. The van der Waals surface area contributed by atoms with Gasteiger partial charge in [0, 0.05) is 28.9 Å². The SMILES string of the molecule is NC(=O)c1cc(-c2cnc3[nH]cc(C=O)c3c2)ccc1Cl. The Morgan fingerprint density at radius 3 is 2.81 bits per heavy atom. The number of primary amides is 1. The Labute approximate surface area is 124 Å². The van der Waals surface area contributed by atoms with Gasteiger partial charge in [0.05, 0.1) is 10.6 Å². The number of benzene rings is 1. The Morgan fingerprint density at radius 1 is 1.29 bits per heavy atom. The number of carbonyl (C=O) groups excluding carboxylic acids is 2. The molecule has 0 aliphatic heterocycles. The van der Waals surface area contributed by atoms with Crippen molar-refractivity contribution in [1.29, 1.82) is 0 Å². The van der Waals surface area contributed by atoms with Crippen molar-refractivity contribution >= 4 is 34.8 Å². The molecule has 5 nitrogen and oxygen atoms in total. The molecule has 0 radical (unpaired) electrons. The van der Waals surface area contributed by atoms with E-state index in [1.54, 1.807) is 30.6 Å². The molecule has 1 amide bonds. The van der Waals surface area contributed by atoms with Crippen LogP contribution in [-0.4, -0.2) is 22.2 Å². The number of hydrogen-bond acceptors (Lipinski definition) is 3. The van der Waals surface area contributed by atoms with E-state index in [1.165, 1.54) is 0 Å². The molecule has 0 aliphatic rings. The number of aromatic nitrogens is 2. The van der Waals surface area contributed by atoms with Gasteiger partial charge in [0.2, 0.25) is 5.91 Å². The van der Waals surface area contributed by atoms with Gasteiger partial charge in [0.25, 0.3) is 0 Å². The van der Waals surface area contributed by atoms with Crippen molar-refractivity contribution in [2.45, 2.75) is 0 Å². The second-order valence-corrected chi connectivity index (χ2v) is 4.95. The molecule has 3 rings (SSSR count). The van der Waals surface area contributed by atoms with Gasteiger partial charge in [-0.3, -0.25) is 9.59 Å². The van der Waals surface area contributed by atoms with Crippen molar-refractivity contribution in [1.82, 2.24) is 9.97 Å². The van der Waals surface area contributed by atoms with Gasteiger partial charge in [-0.2, -0.15) is 0 Å². The van der Waals surface area contributed by atoms with Crippen LogP contribution < -0.4 is 5.73 Å². The van der Waals surface area contributed by atoms with E-state index in [9.17, 15) is 9.59 Å². The summed E-state index contributed by atoms with van der Waals surface area (Å²) in [6.07, 6.45) is 4.02. The van der Waals surface area contributed by atoms with Crippen molar-refractivity contribution in [3.63, 3.8) is 0 Å². The molecule has 3 N–H and O–H groups in total. The third kappa shape index (κ3) is 2.28. The molecule has 0 bridgehead atoms. The van der Waals surface area contributed by atoms with Crippen LogP contribution in [0.4, 0.5) is 0 Å². The standard InChI is InChI=1S/C15H10ClN3O2/c16-13-2-1-8(3-12(13)14(17)21)9-4-11-10(7-20)6-19-15(11)18-5-9/h1-7H,(H2,17,21)(H,18,19). The van der Waals surface area contributed by atoms with Crippen molar-refractivity contribution < 1.29 is 9.59 Å².